The van der Waals surface area contributed by atoms with Crippen molar-refractivity contribution in [1.29, 1.82) is 5.26 Å². The van der Waals surface area contributed by atoms with Crippen molar-refractivity contribution in [3.8, 4) is 6.07 Å². The van der Waals surface area contributed by atoms with Crippen molar-refractivity contribution in [3.63, 3.8) is 0 Å². The number of pyridine rings is 1. The molecule has 0 fully saturated rings. The fourth-order valence-electron chi connectivity index (χ4n) is 4.33. The van der Waals surface area contributed by atoms with Gasteiger partial charge in [0.25, 0.3) is 5.56 Å². The molecule has 2 heterocycles. The Morgan fingerprint density at radius 2 is 1.97 bits per heavy atom. The summed E-state index contributed by atoms with van der Waals surface area (Å²) in [5.41, 5.74) is 13.3. The van der Waals surface area contributed by atoms with Crippen LogP contribution in [0.25, 0.3) is 16.5 Å². The normalized spacial score (nSPS) is 14.2. The molecule has 0 bridgehead atoms. The molecule has 7 heteroatoms. The second-order valence-electron chi connectivity index (χ2n) is 8.05. The Morgan fingerprint density at radius 3 is 2.66 bits per heavy atom. The third-order valence-corrected chi connectivity index (χ3v) is 6.01. The minimum absolute atomic E-state index is 0.0822. The number of hydrogen-bond donors (Lipinski definition) is 2. The number of H-pyrrole nitrogens is 1. The molecule has 0 radical (unpaired) electrons. The van der Waals surface area contributed by atoms with Crippen LogP contribution in [0.1, 0.15) is 22.3 Å². The minimum atomic E-state index is -0.0822. The summed E-state index contributed by atoms with van der Waals surface area (Å²) in [4.78, 5) is 23.7. The van der Waals surface area contributed by atoms with Crippen LogP contribution in [0, 0.1) is 25.2 Å². The Kier molecular flexibility index (Phi) is 5.45. The average molecular weight is 427 g/mol. The maximum atomic E-state index is 12.2. The molecule has 0 atom stereocenters. The molecule has 7 nitrogen and oxygen atoms in total. The molecule has 2 aromatic carbocycles. The lowest BCUT2D eigenvalue weighted by Crippen LogP contribution is -2.37. The van der Waals surface area contributed by atoms with E-state index in [0.29, 0.717) is 16.7 Å². The second-order valence-corrected chi connectivity index (χ2v) is 8.05. The Bertz CT molecular complexity index is 1380. The second kappa shape index (κ2) is 8.23. The number of benzene rings is 2. The highest BCUT2D eigenvalue weighted by Gasteiger charge is 2.26. The molecule has 0 amide bonds. The van der Waals surface area contributed by atoms with E-state index in [0.717, 1.165) is 52.2 Å². The summed E-state index contributed by atoms with van der Waals surface area (Å²) in [5, 5.41) is 10.9. The number of hydrogen-bond acceptors (Lipinski definition) is 6. The first-order valence-corrected chi connectivity index (χ1v) is 10.4. The number of nitrogens with two attached hydrogens (primary N) is 1. The molecule has 1 aliphatic heterocycles. The van der Waals surface area contributed by atoms with E-state index in [4.69, 9.17) is 5.73 Å². The van der Waals surface area contributed by atoms with Gasteiger partial charge < -0.3 is 20.5 Å². The number of nitriles is 1. The summed E-state index contributed by atoms with van der Waals surface area (Å²) in [6.45, 7) is 5.44. The van der Waals surface area contributed by atoms with Gasteiger partial charge in [-0.1, -0.05) is 6.07 Å². The Morgan fingerprint density at radius 1 is 1.19 bits per heavy atom. The van der Waals surface area contributed by atoms with Crippen molar-refractivity contribution < 1.29 is 0 Å². The first-order valence-electron chi connectivity index (χ1n) is 10.4. The number of aromatic nitrogens is 1. The molecule has 0 spiro atoms. The summed E-state index contributed by atoms with van der Waals surface area (Å²) >= 11 is 0. The SMILES string of the molecule is CN=C/C(=C\N)c1cc2c(cc1C#N)N(c1c(C)ccc3[nH]c(=O)c(C)cc13)CCN2C. The van der Waals surface area contributed by atoms with Crippen LogP contribution in [0.3, 0.4) is 0 Å². The monoisotopic (exact) mass is 426 g/mol. The fourth-order valence-corrected chi connectivity index (χ4v) is 4.33. The molecule has 0 saturated carbocycles. The van der Waals surface area contributed by atoms with Crippen molar-refractivity contribution in [2.24, 2.45) is 10.7 Å². The standard InChI is InChI=1S/C25H26N6O/c1-15-5-6-21-20(9-16(2)25(32)29-21)24(15)31-8-7-30(4)22-11-19(18(13-27)14-28-3)17(12-26)10-23(22)31/h5-6,9-11,13-14H,7-8,27H2,1-4H3,(H,29,32)/b18-13+,28-14?. The minimum Gasteiger partial charge on any atom is -0.404 e. The van der Waals surface area contributed by atoms with Crippen molar-refractivity contribution in [1.82, 2.24) is 4.98 Å². The van der Waals surface area contributed by atoms with Gasteiger partial charge in [0.05, 0.1) is 34.2 Å². The van der Waals surface area contributed by atoms with Gasteiger partial charge >= 0.3 is 0 Å². The fraction of sp³-hybridized carbons (Fsp3) is 0.240. The number of allylic oxidation sites excluding steroid dienone is 1. The maximum absolute atomic E-state index is 12.2. The highest BCUT2D eigenvalue weighted by Crippen LogP contribution is 2.43. The summed E-state index contributed by atoms with van der Waals surface area (Å²) in [6, 6.07) is 12.2. The van der Waals surface area contributed by atoms with Crippen LogP contribution in [-0.4, -0.2) is 38.4 Å². The van der Waals surface area contributed by atoms with E-state index in [1.165, 1.54) is 6.20 Å². The highest BCUT2D eigenvalue weighted by molar-refractivity contribution is 6.11. The van der Waals surface area contributed by atoms with Gasteiger partial charge in [-0.15, -0.1) is 0 Å². The molecule has 3 N–H and O–H groups in total. The lowest BCUT2D eigenvalue weighted by molar-refractivity contribution is 0.821. The molecule has 0 unspecified atom stereocenters. The zero-order valence-electron chi connectivity index (χ0n) is 18.7. The van der Waals surface area contributed by atoms with E-state index in [-0.39, 0.29) is 5.56 Å². The Labute approximate surface area is 187 Å². The molecule has 0 saturated heterocycles. The zero-order chi connectivity index (χ0) is 23.0. The van der Waals surface area contributed by atoms with Gasteiger partial charge in [-0.3, -0.25) is 9.79 Å². The Hall–Kier alpha value is -4.05. The lowest BCUT2D eigenvalue weighted by atomic mass is 9.96. The molecule has 3 aromatic rings. The molecule has 32 heavy (non-hydrogen) atoms. The molecule has 0 aliphatic carbocycles. The number of aliphatic imine (C=N–C) groups is 1. The van der Waals surface area contributed by atoms with Gasteiger partial charge in [-0.05, 0) is 43.7 Å². The van der Waals surface area contributed by atoms with Gasteiger partial charge in [-0.25, -0.2) is 0 Å². The van der Waals surface area contributed by atoms with E-state index in [1.54, 1.807) is 13.3 Å². The lowest BCUT2D eigenvalue weighted by Gasteiger charge is -2.38. The smallest absolute Gasteiger partial charge is 0.251 e. The van der Waals surface area contributed by atoms with E-state index < -0.39 is 0 Å². The molecular formula is C25H26N6O. The summed E-state index contributed by atoms with van der Waals surface area (Å²) in [5.74, 6) is 0. The number of nitrogens with one attached hydrogen (secondary N) is 1. The molecular weight excluding hydrogens is 400 g/mol. The number of aromatic amines is 1. The maximum Gasteiger partial charge on any atom is 0.251 e. The van der Waals surface area contributed by atoms with Crippen molar-refractivity contribution in [3.05, 3.63) is 69.1 Å². The highest BCUT2D eigenvalue weighted by atomic mass is 16.1. The van der Waals surface area contributed by atoms with Crippen molar-refractivity contribution in [2.45, 2.75) is 13.8 Å². The quantitative estimate of drug-likeness (QED) is 0.623. The van der Waals surface area contributed by atoms with Crippen LogP contribution in [0.15, 0.2) is 46.3 Å². The largest absolute Gasteiger partial charge is 0.404 e. The van der Waals surface area contributed by atoms with Crippen LogP contribution in [0.4, 0.5) is 17.1 Å². The first kappa shape index (κ1) is 21.2. The van der Waals surface area contributed by atoms with E-state index in [9.17, 15) is 10.1 Å². The number of rotatable bonds is 3. The van der Waals surface area contributed by atoms with Crippen molar-refractivity contribution in [2.75, 3.05) is 37.0 Å². The molecule has 1 aromatic heterocycles. The number of aryl methyl sites for hydroxylation is 2. The van der Waals surface area contributed by atoms with Crippen LogP contribution in [0.5, 0.6) is 0 Å². The third-order valence-electron chi connectivity index (χ3n) is 6.01. The predicted molar refractivity (Wildman–Crippen MR) is 132 cm³/mol. The summed E-state index contributed by atoms with van der Waals surface area (Å²) in [6.07, 6.45) is 3.14. The van der Waals surface area contributed by atoms with E-state index in [2.05, 4.69) is 32.8 Å². The number of nitrogens with zero attached hydrogens (tertiary/aromatic N) is 4. The number of anilines is 3. The van der Waals surface area contributed by atoms with Gasteiger partial charge in [0, 0.05) is 61.7 Å². The number of fused-ring (bicyclic) bond motifs is 2. The molecule has 162 valence electrons. The topological polar surface area (TPSA) is 102 Å². The van der Waals surface area contributed by atoms with Gasteiger partial charge in [0.1, 0.15) is 0 Å². The van der Waals surface area contributed by atoms with Gasteiger partial charge in [0.2, 0.25) is 0 Å². The average Bonchev–Trinajstić information content (AvgIpc) is 2.79. The molecule has 1 aliphatic rings. The van der Waals surface area contributed by atoms with Gasteiger partial charge in [0.15, 0.2) is 0 Å². The van der Waals surface area contributed by atoms with Crippen LogP contribution in [-0.2, 0) is 0 Å². The summed E-state index contributed by atoms with van der Waals surface area (Å²) in [7, 11) is 3.72. The predicted octanol–water partition coefficient (Wildman–Crippen LogP) is 3.60. The van der Waals surface area contributed by atoms with Crippen LogP contribution >= 0.6 is 0 Å². The third kappa shape index (κ3) is 3.40. The van der Waals surface area contributed by atoms with Crippen LogP contribution < -0.4 is 21.1 Å². The van der Waals surface area contributed by atoms with Crippen molar-refractivity contribution >= 4 is 39.8 Å². The van der Waals surface area contributed by atoms with E-state index in [1.807, 2.05) is 44.3 Å². The van der Waals surface area contributed by atoms with E-state index >= 15 is 0 Å². The zero-order valence-corrected chi connectivity index (χ0v) is 18.7. The number of likely N-dealkylation sites (N-methyl/N-ethyl adjacent to an activating group) is 1. The van der Waals surface area contributed by atoms with Gasteiger partial charge in [-0.2, -0.15) is 5.26 Å². The summed E-state index contributed by atoms with van der Waals surface area (Å²) < 4.78 is 0. The first-order chi connectivity index (χ1) is 15.4. The van der Waals surface area contributed by atoms with Crippen LogP contribution in [0.2, 0.25) is 0 Å². The molecule has 4 rings (SSSR count). The Balaban J connectivity index is 2.00.